The number of nitrogens with one attached hydrogen (secondary N) is 2. The number of carbonyl (C=O) groups is 1. The van der Waals surface area contributed by atoms with Crippen LogP contribution in [0.2, 0.25) is 0 Å². The van der Waals surface area contributed by atoms with E-state index in [-0.39, 0.29) is 24.7 Å². The molecule has 1 unspecified atom stereocenters. The number of benzene rings is 1. The molecule has 138 valence electrons. The molecule has 0 aromatic heterocycles. The molecule has 2 amide bonds. The molecule has 1 heterocycles. The first-order valence-electron chi connectivity index (χ1n) is 9.70. The predicted molar refractivity (Wildman–Crippen MR) is 99.4 cm³/mol. The molecule has 1 aromatic rings. The van der Waals surface area contributed by atoms with Crippen LogP contribution in [0.5, 0.6) is 0 Å². The number of amides is 2. The Morgan fingerprint density at radius 3 is 2.44 bits per heavy atom. The first-order valence-corrected chi connectivity index (χ1v) is 9.70. The molecule has 3 rings (SSSR count). The van der Waals surface area contributed by atoms with Gasteiger partial charge in [-0.15, -0.1) is 0 Å². The van der Waals surface area contributed by atoms with E-state index in [0.29, 0.717) is 12.5 Å². The summed E-state index contributed by atoms with van der Waals surface area (Å²) >= 11 is 0. The molecular formula is C20H31N3O2. The molecular weight excluding hydrogens is 314 g/mol. The molecule has 1 saturated carbocycles. The van der Waals surface area contributed by atoms with Gasteiger partial charge >= 0.3 is 6.03 Å². The van der Waals surface area contributed by atoms with Crippen LogP contribution >= 0.6 is 0 Å². The van der Waals surface area contributed by atoms with E-state index in [0.717, 1.165) is 38.8 Å². The second-order valence-corrected chi connectivity index (χ2v) is 7.42. The quantitative estimate of drug-likeness (QED) is 0.743. The Kier molecular flexibility index (Phi) is 6.70. The van der Waals surface area contributed by atoms with Gasteiger partial charge in [-0.05, 0) is 63.1 Å². The van der Waals surface area contributed by atoms with Crippen molar-refractivity contribution in [3.63, 3.8) is 0 Å². The second-order valence-electron chi connectivity index (χ2n) is 7.42. The summed E-state index contributed by atoms with van der Waals surface area (Å²) in [7, 11) is 0. The van der Waals surface area contributed by atoms with Crippen LogP contribution in [-0.4, -0.2) is 48.3 Å². The van der Waals surface area contributed by atoms with E-state index >= 15 is 0 Å². The zero-order valence-electron chi connectivity index (χ0n) is 15.0. The average molecular weight is 345 g/mol. The fourth-order valence-corrected chi connectivity index (χ4v) is 4.10. The summed E-state index contributed by atoms with van der Waals surface area (Å²) in [6.45, 7) is 3.12. The largest absolute Gasteiger partial charge is 0.396 e. The predicted octanol–water partition coefficient (Wildman–Crippen LogP) is 2.67. The summed E-state index contributed by atoms with van der Waals surface area (Å²) in [5.41, 5.74) is 1.27. The topological polar surface area (TPSA) is 64.6 Å². The lowest BCUT2D eigenvalue weighted by Crippen LogP contribution is -2.46. The summed E-state index contributed by atoms with van der Waals surface area (Å²) in [4.78, 5) is 14.8. The summed E-state index contributed by atoms with van der Waals surface area (Å²) in [6, 6.07) is 10.9. The lowest BCUT2D eigenvalue weighted by Gasteiger charge is -2.30. The second kappa shape index (κ2) is 9.20. The highest BCUT2D eigenvalue weighted by Crippen LogP contribution is 2.25. The first kappa shape index (κ1) is 18.2. The van der Waals surface area contributed by atoms with E-state index in [9.17, 15) is 9.90 Å². The van der Waals surface area contributed by atoms with Gasteiger partial charge in [-0.3, -0.25) is 4.90 Å². The van der Waals surface area contributed by atoms with Gasteiger partial charge in [-0.2, -0.15) is 0 Å². The lowest BCUT2D eigenvalue weighted by atomic mass is 9.87. The number of aliphatic hydroxyl groups is 1. The molecule has 2 aliphatic rings. The van der Waals surface area contributed by atoms with Crippen molar-refractivity contribution in [3.05, 3.63) is 35.9 Å². The SMILES string of the molecule is O=C(NCC(c1ccccc1)N1CCCC1)NC1CCC(CO)CC1. The molecule has 1 aromatic carbocycles. The minimum atomic E-state index is -0.0624. The van der Waals surface area contributed by atoms with E-state index in [1.165, 1.54) is 18.4 Å². The Morgan fingerprint density at radius 1 is 1.12 bits per heavy atom. The molecule has 25 heavy (non-hydrogen) atoms. The van der Waals surface area contributed by atoms with Gasteiger partial charge in [-0.1, -0.05) is 30.3 Å². The summed E-state index contributed by atoms with van der Waals surface area (Å²) in [5.74, 6) is 0.415. The van der Waals surface area contributed by atoms with Crippen LogP contribution in [-0.2, 0) is 0 Å². The monoisotopic (exact) mass is 345 g/mol. The maximum atomic E-state index is 12.3. The van der Waals surface area contributed by atoms with Gasteiger partial charge in [0.2, 0.25) is 0 Å². The van der Waals surface area contributed by atoms with Crippen molar-refractivity contribution in [2.24, 2.45) is 5.92 Å². The summed E-state index contributed by atoms with van der Waals surface area (Å²) in [5, 5.41) is 15.4. The zero-order valence-corrected chi connectivity index (χ0v) is 15.0. The van der Waals surface area contributed by atoms with Gasteiger partial charge in [-0.25, -0.2) is 4.79 Å². The fraction of sp³-hybridized carbons (Fsp3) is 0.650. The molecule has 0 radical (unpaired) electrons. The smallest absolute Gasteiger partial charge is 0.315 e. The molecule has 0 spiro atoms. The first-order chi connectivity index (χ1) is 12.3. The Labute approximate surface area is 150 Å². The van der Waals surface area contributed by atoms with Crippen molar-refractivity contribution >= 4 is 6.03 Å². The van der Waals surface area contributed by atoms with Crippen LogP contribution in [0.15, 0.2) is 30.3 Å². The molecule has 3 N–H and O–H groups in total. The highest BCUT2D eigenvalue weighted by molar-refractivity contribution is 5.74. The number of hydrogen-bond donors (Lipinski definition) is 3. The number of urea groups is 1. The number of hydrogen-bond acceptors (Lipinski definition) is 3. The van der Waals surface area contributed by atoms with E-state index in [1.807, 2.05) is 6.07 Å². The Bertz CT molecular complexity index is 523. The normalized spacial score (nSPS) is 25.5. The summed E-state index contributed by atoms with van der Waals surface area (Å²) in [6.07, 6.45) is 6.41. The number of aliphatic hydroxyl groups excluding tert-OH is 1. The van der Waals surface area contributed by atoms with E-state index < -0.39 is 0 Å². The minimum Gasteiger partial charge on any atom is -0.396 e. The highest BCUT2D eigenvalue weighted by Gasteiger charge is 2.25. The number of rotatable bonds is 6. The average Bonchev–Trinajstić information content (AvgIpc) is 3.18. The fourth-order valence-electron chi connectivity index (χ4n) is 4.10. The van der Waals surface area contributed by atoms with Gasteiger partial charge < -0.3 is 15.7 Å². The van der Waals surface area contributed by atoms with Crippen molar-refractivity contribution < 1.29 is 9.90 Å². The van der Waals surface area contributed by atoms with Crippen molar-refractivity contribution in [1.82, 2.24) is 15.5 Å². The zero-order chi connectivity index (χ0) is 17.5. The van der Waals surface area contributed by atoms with Crippen LogP contribution in [0.4, 0.5) is 4.79 Å². The van der Waals surface area contributed by atoms with E-state index in [4.69, 9.17) is 0 Å². The van der Waals surface area contributed by atoms with Crippen molar-refractivity contribution in [1.29, 1.82) is 0 Å². The van der Waals surface area contributed by atoms with Gasteiger partial charge in [0.25, 0.3) is 0 Å². The van der Waals surface area contributed by atoms with Gasteiger partial charge in [0.15, 0.2) is 0 Å². The number of carbonyl (C=O) groups excluding carboxylic acids is 1. The van der Waals surface area contributed by atoms with Crippen molar-refractivity contribution in [2.75, 3.05) is 26.2 Å². The maximum absolute atomic E-state index is 12.3. The van der Waals surface area contributed by atoms with Gasteiger partial charge in [0, 0.05) is 19.2 Å². The minimum absolute atomic E-state index is 0.0624. The number of nitrogens with zero attached hydrogens (tertiary/aromatic N) is 1. The summed E-state index contributed by atoms with van der Waals surface area (Å²) < 4.78 is 0. The molecule has 5 nitrogen and oxygen atoms in total. The van der Waals surface area contributed by atoms with Crippen LogP contribution in [0.1, 0.15) is 50.1 Å². The Balaban J connectivity index is 1.50. The molecule has 1 aliphatic carbocycles. The van der Waals surface area contributed by atoms with Gasteiger partial charge in [0.1, 0.15) is 0 Å². The van der Waals surface area contributed by atoms with Crippen LogP contribution < -0.4 is 10.6 Å². The Morgan fingerprint density at radius 2 is 1.80 bits per heavy atom. The van der Waals surface area contributed by atoms with Crippen LogP contribution in [0.25, 0.3) is 0 Å². The van der Waals surface area contributed by atoms with E-state index in [2.05, 4.69) is 39.8 Å². The molecule has 1 saturated heterocycles. The third-order valence-corrected chi connectivity index (χ3v) is 5.66. The maximum Gasteiger partial charge on any atom is 0.315 e. The third kappa shape index (κ3) is 5.19. The molecule has 0 bridgehead atoms. The van der Waals surface area contributed by atoms with Crippen LogP contribution in [0.3, 0.4) is 0 Å². The van der Waals surface area contributed by atoms with Crippen LogP contribution in [0, 0.1) is 5.92 Å². The number of likely N-dealkylation sites (tertiary alicyclic amines) is 1. The molecule has 1 atom stereocenters. The Hall–Kier alpha value is -1.59. The lowest BCUT2D eigenvalue weighted by molar-refractivity contribution is 0.173. The molecule has 1 aliphatic heterocycles. The third-order valence-electron chi connectivity index (χ3n) is 5.66. The molecule has 2 fully saturated rings. The van der Waals surface area contributed by atoms with Gasteiger partial charge in [0.05, 0.1) is 6.04 Å². The molecule has 5 heteroatoms. The van der Waals surface area contributed by atoms with E-state index in [1.54, 1.807) is 0 Å². The standard InChI is InChI=1S/C20H31N3O2/c24-15-16-8-10-18(11-9-16)22-20(25)21-14-19(23-12-4-5-13-23)17-6-2-1-3-7-17/h1-3,6-7,16,18-19,24H,4-5,8-15H2,(H2,21,22,25). The highest BCUT2D eigenvalue weighted by atomic mass is 16.3. The van der Waals surface area contributed by atoms with Crippen molar-refractivity contribution in [2.45, 2.75) is 50.6 Å². The van der Waals surface area contributed by atoms with Crippen molar-refractivity contribution in [3.8, 4) is 0 Å².